The first kappa shape index (κ1) is 22.6. The van der Waals surface area contributed by atoms with Crippen LogP contribution in [0, 0.1) is 0 Å². The molecule has 0 aromatic carbocycles. The molecule has 1 saturated heterocycles. The molecule has 1 aliphatic rings. The van der Waals surface area contributed by atoms with Crippen LogP contribution in [0.2, 0.25) is 0 Å². The summed E-state index contributed by atoms with van der Waals surface area (Å²) in [5, 5.41) is 6.80. The first-order valence-electron chi connectivity index (χ1n) is 8.09. The Morgan fingerprint density at radius 1 is 1.35 bits per heavy atom. The van der Waals surface area contributed by atoms with E-state index in [0.29, 0.717) is 12.6 Å². The number of piperidine rings is 1. The summed E-state index contributed by atoms with van der Waals surface area (Å²) in [6.07, 6.45) is 6.16. The van der Waals surface area contributed by atoms with Gasteiger partial charge in [-0.1, -0.05) is 0 Å². The minimum Gasteiger partial charge on any atom is -0.450 e. The van der Waals surface area contributed by atoms with E-state index in [4.69, 9.17) is 4.74 Å². The Labute approximate surface area is 161 Å². The molecule has 136 valence electrons. The number of nitrogens with one attached hydrogen (secondary N) is 2. The van der Waals surface area contributed by atoms with Crippen LogP contribution in [0.15, 0.2) is 4.99 Å². The molecule has 0 aromatic rings. The Bertz CT molecular complexity index is 350. The molecule has 0 aromatic heterocycles. The van der Waals surface area contributed by atoms with Gasteiger partial charge in [-0.05, 0) is 44.6 Å². The average molecular weight is 458 g/mol. The monoisotopic (exact) mass is 458 g/mol. The second-order valence-electron chi connectivity index (χ2n) is 5.30. The molecule has 0 radical (unpaired) electrons. The molecule has 23 heavy (non-hydrogen) atoms. The number of aliphatic imine (C=N–C) groups is 1. The molecule has 2 N–H and O–H groups in total. The molecule has 1 rings (SSSR count). The summed E-state index contributed by atoms with van der Waals surface area (Å²) in [6.45, 7) is 4.69. The number of amides is 1. The number of rotatable bonds is 7. The van der Waals surface area contributed by atoms with E-state index in [2.05, 4.69) is 21.9 Å². The van der Waals surface area contributed by atoms with Crippen molar-refractivity contribution in [2.24, 2.45) is 4.99 Å². The van der Waals surface area contributed by atoms with E-state index in [9.17, 15) is 4.79 Å². The van der Waals surface area contributed by atoms with E-state index in [1.807, 2.05) is 18.7 Å². The molecular weight excluding hydrogens is 427 g/mol. The minimum atomic E-state index is -0.197. The topological polar surface area (TPSA) is 66.0 Å². The van der Waals surface area contributed by atoms with Crippen LogP contribution in [-0.2, 0) is 4.74 Å². The fourth-order valence-corrected chi connectivity index (χ4v) is 2.88. The fourth-order valence-electron chi connectivity index (χ4n) is 2.39. The van der Waals surface area contributed by atoms with E-state index in [1.54, 1.807) is 11.9 Å². The Morgan fingerprint density at radius 2 is 2.04 bits per heavy atom. The average Bonchev–Trinajstić information content (AvgIpc) is 2.54. The molecule has 0 spiro atoms. The van der Waals surface area contributed by atoms with Crippen LogP contribution >= 0.6 is 35.7 Å². The number of ether oxygens (including phenoxy) is 1. The zero-order valence-corrected chi connectivity index (χ0v) is 17.6. The van der Waals surface area contributed by atoms with Gasteiger partial charge in [-0.3, -0.25) is 4.99 Å². The third-order valence-corrected chi connectivity index (χ3v) is 4.35. The van der Waals surface area contributed by atoms with Gasteiger partial charge in [-0.25, -0.2) is 4.79 Å². The third kappa shape index (κ3) is 9.49. The maximum atomic E-state index is 11.7. The van der Waals surface area contributed by atoms with Crippen molar-refractivity contribution in [1.29, 1.82) is 0 Å². The predicted octanol–water partition coefficient (Wildman–Crippen LogP) is 2.53. The van der Waals surface area contributed by atoms with Crippen LogP contribution in [-0.4, -0.2) is 68.3 Å². The normalized spacial score (nSPS) is 15.8. The number of thioether (sulfide) groups is 1. The summed E-state index contributed by atoms with van der Waals surface area (Å²) in [7, 11) is 1.80. The maximum Gasteiger partial charge on any atom is 0.409 e. The smallest absolute Gasteiger partial charge is 0.409 e. The van der Waals surface area contributed by atoms with Crippen LogP contribution in [0.4, 0.5) is 4.79 Å². The standard InChI is InChI=1S/C15H30N4O2S.HI/c1-4-21-15(20)19-10-7-13(8-11-19)18-14(16-2)17-9-5-6-12-22-3;/h13H,4-12H2,1-3H3,(H2,16,17,18);1H. The first-order valence-corrected chi connectivity index (χ1v) is 9.48. The van der Waals surface area contributed by atoms with Crippen molar-refractivity contribution >= 4 is 47.8 Å². The van der Waals surface area contributed by atoms with Crippen molar-refractivity contribution < 1.29 is 9.53 Å². The number of guanidine groups is 1. The summed E-state index contributed by atoms with van der Waals surface area (Å²) in [5.41, 5.74) is 0. The number of nitrogens with zero attached hydrogens (tertiary/aromatic N) is 2. The summed E-state index contributed by atoms with van der Waals surface area (Å²) >= 11 is 1.88. The highest BCUT2D eigenvalue weighted by molar-refractivity contribution is 14.0. The van der Waals surface area contributed by atoms with Gasteiger partial charge in [-0.15, -0.1) is 24.0 Å². The fraction of sp³-hybridized carbons (Fsp3) is 0.867. The molecule has 6 nitrogen and oxygen atoms in total. The number of likely N-dealkylation sites (tertiary alicyclic amines) is 1. The SMILES string of the molecule is CCOC(=O)N1CCC(NC(=NC)NCCCCSC)CC1.I. The van der Waals surface area contributed by atoms with Crippen molar-refractivity contribution in [2.45, 2.75) is 38.6 Å². The number of hydrogen-bond acceptors (Lipinski definition) is 4. The predicted molar refractivity (Wildman–Crippen MR) is 109 cm³/mol. The lowest BCUT2D eigenvalue weighted by Gasteiger charge is -2.32. The molecule has 0 saturated carbocycles. The van der Waals surface area contributed by atoms with Crippen LogP contribution < -0.4 is 10.6 Å². The van der Waals surface area contributed by atoms with Crippen molar-refractivity contribution in [1.82, 2.24) is 15.5 Å². The van der Waals surface area contributed by atoms with E-state index in [-0.39, 0.29) is 30.1 Å². The molecule has 1 heterocycles. The summed E-state index contributed by atoms with van der Waals surface area (Å²) < 4.78 is 5.03. The van der Waals surface area contributed by atoms with Crippen molar-refractivity contribution in [2.75, 3.05) is 45.3 Å². The zero-order chi connectivity index (χ0) is 16.2. The van der Waals surface area contributed by atoms with Gasteiger partial charge in [0, 0.05) is 32.7 Å². The van der Waals surface area contributed by atoms with E-state index in [0.717, 1.165) is 44.9 Å². The van der Waals surface area contributed by atoms with Gasteiger partial charge in [-0.2, -0.15) is 11.8 Å². The largest absolute Gasteiger partial charge is 0.450 e. The molecule has 0 bridgehead atoms. The van der Waals surface area contributed by atoms with Crippen LogP contribution in [0.25, 0.3) is 0 Å². The minimum absolute atomic E-state index is 0. The summed E-state index contributed by atoms with van der Waals surface area (Å²) in [6, 6.07) is 0.364. The number of unbranched alkanes of at least 4 members (excludes halogenated alkanes) is 1. The summed E-state index contributed by atoms with van der Waals surface area (Å²) in [5.74, 6) is 2.07. The number of carbonyl (C=O) groups is 1. The first-order chi connectivity index (χ1) is 10.7. The zero-order valence-electron chi connectivity index (χ0n) is 14.5. The van der Waals surface area contributed by atoms with Gasteiger partial charge in [0.05, 0.1) is 6.61 Å². The number of carbonyl (C=O) groups excluding carboxylic acids is 1. The van der Waals surface area contributed by atoms with Gasteiger partial charge < -0.3 is 20.3 Å². The Balaban J connectivity index is 0.00000484. The van der Waals surface area contributed by atoms with Crippen LogP contribution in [0.5, 0.6) is 0 Å². The number of halogens is 1. The highest BCUT2D eigenvalue weighted by Crippen LogP contribution is 2.11. The van der Waals surface area contributed by atoms with E-state index in [1.165, 1.54) is 12.2 Å². The maximum absolute atomic E-state index is 11.7. The molecule has 0 atom stereocenters. The molecule has 0 aliphatic carbocycles. The second-order valence-corrected chi connectivity index (χ2v) is 6.29. The van der Waals surface area contributed by atoms with Gasteiger partial charge in [0.25, 0.3) is 0 Å². The van der Waals surface area contributed by atoms with Gasteiger partial charge in [0.15, 0.2) is 5.96 Å². The third-order valence-electron chi connectivity index (χ3n) is 3.65. The quantitative estimate of drug-likeness (QED) is 0.266. The second kappa shape index (κ2) is 14.0. The molecule has 1 aliphatic heterocycles. The van der Waals surface area contributed by atoms with Gasteiger partial charge in [0.1, 0.15) is 0 Å². The molecule has 1 fully saturated rings. The van der Waals surface area contributed by atoms with Crippen molar-refractivity contribution in [3.8, 4) is 0 Å². The summed E-state index contributed by atoms with van der Waals surface area (Å²) in [4.78, 5) is 17.7. The van der Waals surface area contributed by atoms with E-state index >= 15 is 0 Å². The van der Waals surface area contributed by atoms with Crippen LogP contribution in [0.3, 0.4) is 0 Å². The molecule has 1 amide bonds. The van der Waals surface area contributed by atoms with Crippen molar-refractivity contribution in [3.05, 3.63) is 0 Å². The Hall–Kier alpha value is -0.380. The van der Waals surface area contributed by atoms with E-state index < -0.39 is 0 Å². The molecular formula is C15H31IN4O2S. The lowest BCUT2D eigenvalue weighted by Crippen LogP contribution is -2.50. The molecule has 0 unspecified atom stereocenters. The molecule has 8 heteroatoms. The van der Waals surface area contributed by atoms with Crippen LogP contribution in [0.1, 0.15) is 32.6 Å². The Morgan fingerprint density at radius 3 is 2.61 bits per heavy atom. The highest BCUT2D eigenvalue weighted by atomic mass is 127. The van der Waals surface area contributed by atoms with Gasteiger partial charge >= 0.3 is 6.09 Å². The lowest BCUT2D eigenvalue weighted by molar-refractivity contribution is 0.0963. The lowest BCUT2D eigenvalue weighted by atomic mass is 10.1. The number of hydrogen-bond donors (Lipinski definition) is 2. The highest BCUT2D eigenvalue weighted by Gasteiger charge is 2.23. The Kier molecular flexibility index (Phi) is 13.8. The van der Waals surface area contributed by atoms with Crippen molar-refractivity contribution in [3.63, 3.8) is 0 Å². The van der Waals surface area contributed by atoms with Gasteiger partial charge in [0.2, 0.25) is 0 Å².